The normalized spacial score (nSPS) is 29.7. The van der Waals surface area contributed by atoms with Gasteiger partial charge in [0.15, 0.2) is 5.60 Å². The number of hydrogen-bond acceptors (Lipinski definition) is 4. The first kappa shape index (κ1) is 16.6. The number of hydrogen-bond donors (Lipinski definition) is 1. The van der Waals surface area contributed by atoms with Crippen LogP contribution in [-0.2, 0) is 14.3 Å². The van der Waals surface area contributed by atoms with Crippen LogP contribution < -0.4 is 0 Å². The lowest BCUT2D eigenvalue weighted by molar-refractivity contribution is -0.167. The molecule has 4 rings (SSSR count). The van der Waals surface area contributed by atoms with Gasteiger partial charge in [0.05, 0.1) is 6.10 Å². The highest BCUT2D eigenvalue weighted by Gasteiger charge is 2.52. The van der Waals surface area contributed by atoms with E-state index in [0.717, 1.165) is 49.8 Å². The summed E-state index contributed by atoms with van der Waals surface area (Å²) < 4.78 is 11.9. The number of phenols is 1. The molecule has 0 aliphatic carbocycles. The van der Waals surface area contributed by atoms with E-state index in [9.17, 15) is 9.90 Å². The third-order valence-electron chi connectivity index (χ3n) is 5.52. The van der Waals surface area contributed by atoms with Gasteiger partial charge in [-0.05, 0) is 55.4 Å². The van der Waals surface area contributed by atoms with Gasteiger partial charge in [0, 0.05) is 26.3 Å². The Bertz CT molecular complexity index is 672. The van der Waals surface area contributed by atoms with Crippen molar-refractivity contribution in [3.05, 3.63) is 35.9 Å². The van der Waals surface area contributed by atoms with Crippen molar-refractivity contribution in [2.75, 3.05) is 26.3 Å². The van der Waals surface area contributed by atoms with Crippen LogP contribution in [0, 0.1) is 0 Å². The summed E-state index contributed by atoms with van der Waals surface area (Å²) in [6, 6.07) is 7.22. The van der Waals surface area contributed by atoms with Crippen molar-refractivity contribution in [2.45, 2.75) is 43.8 Å². The first-order chi connectivity index (χ1) is 12.2. The molecule has 2 atom stereocenters. The monoisotopic (exact) mass is 343 g/mol. The predicted molar refractivity (Wildman–Crippen MR) is 94.2 cm³/mol. The molecule has 0 bridgehead atoms. The molecule has 2 unspecified atom stereocenters. The average molecular weight is 343 g/mol. The maximum absolute atomic E-state index is 13.4. The molecule has 0 radical (unpaired) electrons. The van der Waals surface area contributed by atoms with Gasteiger partial charge in [-0.1, -0.05) is 18.2 Å². The zero-order valence-corrected chi connectivity index (χ0v) is 14.4. The van der Waals surface area contributed by atoms with E-state index >= 15 is 0 Å². The Balaban J connectivity index is 1.55. The molecule has 0 saturated carbocycles. The zero-order chi connectivity index (χ0) is 17.3. The Hall–Kier alpha value is -1.85. The van der Waals surface area contributed by atoms with Crippen LogP contribution in [0.25, 0.3) is 5.57 Å². The SMILES string of the molecule is O=C(N1CCC=C(c2cccc(O)c2)C1)C1(C2CCCO2)CCCO1. The second-order valence-corrected chi connectivity index (χ2v) is 7.14. The third-order valence-corrected chi connectivity index (χ3v) is 5.52. The maximum Gasteiger partial charge on any atom is 0.257 e. The minimum Gasteiger partial charge on any atom is -0.508 e. The van der Waals surface area contributed by atoms with Crippen LogP contribution in [0.15, 0.2) is 30.3 Å². The Labute approximate surface area is 148 Å². The molecule has 5 nitrogen and oxygen atoms in total. The second-order valence-electron chi connectivity index (χ2n) is 7.14. The van der Waals surface area contributed by atoms with Crippen LogP contribution in [0.2, 0.25) is 0 Å². The third kappa shape index (κ3) is 3.07. The number of aromatic hydroxyl groups is 1. The van der Waals surface area contributed by atoms with Crippen LogP contribution in [-0.4, -0.2) is 53.9 Å². The number of benzene rings is 1. The van der Waals surface area contributed by atoms with Gasteiger partial charge in [0.25, 0.3) is 5.91 Å². The highest BCUT2D eigenvalue weighted by Crippen LogP contribution is 2.38. The quantitative estimate of drug-likeness (QED) is 0.917. The summed E-state index contributed by atoms with van der Waals surface area (Å²) in [4.78, 5) is 15.3. The molecule has 1 N–H and O–H groups in total. The topological polar surface area (TPSA) is 59.0 Å². The van der Waals surface area contributed by atoms with Gasteiger partial charge < -0.3 is 19.5 Å². The molecule has 0 spiro atoms. The Kier molecular flexibility index (Phi) is 4.52. The summed E-state index contributed by atoms with van der Waals surface area (Å²) in [5.74, 6) is 0.319. The minimum atomic E-state index is -0.794. The fraction of sp³-hybridized carbons (Fsp3) is 0.550. The van der Waals surface area contributed by atoms with Crippen molar-refractivity contribution in [3.8, 4) is 5.75 Å². The number of carbonyl (C=O) groups excluding carboxylic acids is 1. The molecule has 134 valence electrons. The van der Waals surface area contributed by atoms with E-state index in [4.69, 9.17) is 9.47 Å². The summed E-state index contributed by atoms with van der Waals surface area (Å²) in [6.45, 7) is 2.62. The summed E-state index contributed by atoms with van der Waals surface area (Å²) in [7, 11) is 0. The summed E-state index contributed by atoms with van der Waals surface area (Å²) in [5.41, 5.74) is 1.25. The van der Waals surface area contributed by atoms with Crippen molar-refractivity contribution < 1.29 is 19.4 Å². The zero-order valence-electron chi connectivity index (χ0n) is 14.4. The van der Waals surface area contributed by atoms with E-state index in [2.05, 4.69) is 6.08 Å². The fourth-order valence-corrected chi connectivity index (χ4v) is 4.27. The van der Waals surface area contributed by atoms with Crippen molar-refractivity contribution >= 4 is 11.5 Å². The highest BCUT2D eigenvalue weighted by molar-refractivity contribution is 5.88. The smallest absolute Gasteiger partial charge is 0.257 e. The molecule has 3 aliphatic rings. The number of amides is 1. The molecule has 2 fully saturated rings. The first-order valence-electron chi connectivity index (χ1n) is 9.22. The van der Waals surface area contributed by atoms with E-state index in [1.54, 1.807) is 12.1 Å². The van der Waals surface area contributed by atoms with Gasteiger partial charge in [-0.2, -0.15) is 0 Å². The molecular formula is C20H25NO4. The molecule has 1 aromatic rings. The van der Waals surface area contributed by atoms with Gasteiger partial charge in [-0.25, -0.2) is 0 Å². The van der Waals surface area contributed by atoms with E-state index in [0.29, 0.717) is 19.7 Å². The predicted octanol–water partition coefficient (Wildman–Crippen LogP) is 2.74. The molecule has 3 heterocycles. The molecule has 1 amide bonds. The number of rotatable bonds is 3. The van der Waals surface area contributed by atoms with Crippen molar-refractivity contribution in [2.24, 2.45) is 0 Å². The fourth-order valence-electron chi connectivity index (χ4n) is 4.27. The van der Waals surface area contributed by atoms with E-state index in [-0.39, 0.29) is 17.8 Å². The van der Waals surface area contributed by atoms with Crippen molar-refractivity contribution in [3.63, 3.8) is 0 Å². The Morgan fingerprint density at radius 1 is 1.28 bits per heavy atom. The number of ether oxygens (including phenoxy) is 2. The van der Waals surface area contributed by atoms with Gasteiger partial charge in [0.2, 0.25) is 0 Å². The summed E-state index contributed by atoms with van der Waals surface area (Å²) in [5, 5.41) is 9.73. The lowest BCUT2D eigenvalue weighted by atomic mass is 9.88. The molecule has 3 aliphatic heterocycles. The lowest BCUT2D eigenvalue weighted by Crippen LogP contribution is -2.56. The minimum absolute atomic E-state index is 0.0719. The summed E-state index contributed by atoms with van der Waals surface area (Å²) in [6.07, 6.45) is 6.42. The van der Waals surface area contributed by atoms with Crippen LogP contribution in [0.4, 0.5) is 0 Å². The molecule has 0 aromatic heterocycles. The van der Waals surface area contributed by atoms with E-state index in [1.807, 2.05) is 17.0 Å². The van der Waals surface area contributed by atoms with Gasteiger partial charge in [-0.3, -0.25) is 4.79 Å². The first-order valence-corrected chi connectivity index (χ1v) is 9.22. The van der Waals surface area contributed by atoms with Gasteiger partial charge in [0.1, 0.15) is 5.75 Å². The largest absolute Gasteiger partial charge is 0.508 e. The summed E-state index contributed by atoms with van der Waals surface area (Å²) >= 11 is 0. The van der Waals surface area contributed by atoms with Crippen LogP contribution in [0.3, 0.4) is 0 Å². The number of phenolic OH excluding ortho intramolecular Hbond substituents is 1. The van der Waals surface area contributed by atoms with Crippen molar-refractivity contribution in [1.82, 2.24) is 4.90 Å². The van der Waals surface area contributed by atoms with Crippen LogP contribution >= 0.6 is 0 Å². The van der Waals surface area contributed by atoms with Crippen molar-refractivity contribution in [1.29, 1.82) is 0 Å². The maximum atomic E-state index is 13.4. The second kappa shape index (κ2) is 6.81. The Morgan fingerprint density at radius 2 is 2.20 bits per heavy atom. The van der Waals surface area contributed by atoms with Gasteiger partial charge >= 0.3 is 0 Å². The molecule has 1 aromatic carbocycles. The number of nitrogens with zero attached hydrogens (tertiary/aromatic N) is 1. The standard InChI is InChI=1S/C20H25NO4/c22-17-7-1-5-15(13-17)16-6-2-10-21(14-16)19(23)20(9-4-12-25-20)18-8-3-11-24-18/h1,5-7,13,18,22H,2-4,8-12,14H2. The van der Waals surface area contributed by atoms with E-state index in [1.165, 1.54) is 0 Å². The van der Waals surface area contributed by atoms with E-state index < -0.39 is 5.60 Å². The highest BCUT2D eigenvalue weighted by atomic mass is 16.6. The average Bonchev–Trinajstić information content (AvgIpc) is 3.33. The Morgan fingerprint density at radius 3 is 2.92 bits per heavy atom. The van der Waals surface area contributed by atoms with Gasteiger partial charge in [-0.15, -0.1) is 0 Å². The molecule has 2 saturated heterocycles. The molecule has 5 heteroatoms. The van der Waals surface area contributed by atoms with Crippen LogP contribution in [0.5, 0.6) is 5.75 Å². The molecule has 25 heavy (non-hydrogen) atoms. The number of carbonyl (C=O) groups is 1. The van der Waals surface area contributed by atoms with Crippen LogP contribution in [0.1, 0.15) is 37.7 Å². The molecular weight excluding hydrogens is 318 g/mol. The lowest BCUT2D eigenvalue weighted by Gasteiger charge is -2.38.